The molecule has 0 spiro atoms. The van der Waals surface area contributed by atoms with Crippen molar-refractivity contribution >= 4 is 57.9 Å². The van der Waals surface area contributed by atoms with Crippen LogP contribution in [0.25, 0.3) is 0 Å². The molecule has 2 atom stereocenters. The van der Waals surface area contributed by atoms with Crippen LogP contribution in [0, 0.1) is 5.82 Å². The molecular weight excluding hydrogens is 541 g/mol. The van der Waals surface area contributed by atoms with Crippen molar-refractivity contribution in [1.82, 2.24) is 10.3 Å². The third-order valence-electron chi connectivity index (χ3n) is 6.89. The van der Waals surface area contributed by atoms with Gasteiger partial charge in [0, 0.05) is 11.3 Å². The number of halogens is 2. The van der Waals surface area contributed by atoms with Gasteiger partial charge >= 0.3 is 0 Å². The number of hydrogen-bond acceptors (Lipinski definition) is 6. The number of rotatable bonds is 7. The molecule has 192 valence electrons. The van der Waals surface area contributed by atoms with Gasteiger partial charge in [-0.25, -0.2) is 9.37 Å². The van der Waals surface area contributed by atoms with Crippen LogP contribution >= 0.6 is 34.7 Å². The number of pyridine rings is 1. The fourth-order valence-corrected chi connectivity index (χ4v) is 6.75. The number of Topliss-reactive ketones (excluding diaryl/α,β-unsaturated/α-hetero) is 1. The molecule has 1 aliphatic heterocycles. The van der Waals surface area contributed by atoms with Crippen LogP contribution in [0.1, 0.15) is 42.0 Å². The summed E-state index contributed by atoms with van der Waals surface area (Å²) in [5.41, 5.74) is 1.47. The topological polar surface area (TPSA) is 71.1 Å². The minimum atomic E-state index is -1.14. The van der Waals surface area contributed by atoms with Gasteiger partial charge in [-0.3, -0.25) is 9.59 Å². The smallest absolute Gasteiger partial charge is 0.242 e. The first-order valence-electron chi connectivity index (χ1n) is 12.3. The van der Waals surface area contributed by atoms with Crippen LogP contribution in [-0.4, -0.2) is 21.9 Å². The number of anilines is 2. The molecule has 2 fully saturated rings. The number of thioether (sulfide) groups is 1. The highest BCUT2D eigenvalue weighted by molar-refractivity contribution is 8.01. The summed E-state index contributed by atoms with van der Waals surface area (Å²) >= 11 is 8.91. The second kappa shape index (κ2) is 10.2. The zero-order chi connectivity index (χ0) is 26.3. The lowest BCUT2D eigenvalue weighted by molar-refractivity contribution is -0.133. The number of aromatic nitrogens is 1. The third-order valence-corrected chi connectivity index (χ3v) is 9.34. The van der Waals surface area contributed by atoms with Gasteiger partial charge in [0.15, 0.2) is 5.78 Å². The number of ketones is 1. The third kappa shape index (κ3) is 4.84. The Morgan fingerprint density at radius 1 is 1.08 bits per heavy atom. The molecule has 0 radical (unpaired) electrons. The quantitative estimate of drug-likeness (QED) is 0.236. The SMILES string of the molecule is O=C1CC(c2ccsc2)(c2cccc(Nc3ccc(C4CC4)cc3F)n2)NC(=O)C1Sc1ccccc1Cl. The van der Waals surface area contributed by atoms with E-state index in [9.17, 15) is 14.0 Å². The summed E-state index contributed by atoms with van der Waals surface area (Å²) in [7, 11) is 0. The second-order valence-electron chi connectivity index (χ2n) is 9.52. The van der Waals surface area contributed by atoms with Crippen LogP contribution in [0.5, 0.6) is 0 Å². The summed E-state index contributed by atoms with van der Waals surface area (Å²) in [6.07, 6.45) is 2.23. The first-order valence-corrected chi connectivity index (χ1v) is 14.5. The van der Waals surface area contributed by atoms with Gasteiger partial charge in [0.1, 0.15) is 22.4 Å². The van der Waals surface area contributed by atoms with E-state index in [1.165, 1.54) is 11.3 Å². The van der Waals surface area contributed by atoms with Crippen LogP contribution < -0.4 is 10.6 Å². The predicted octanol–water partition coefficient (Wildman–Crippen LogP) is 7.05. The maximum Gasteiger partial charge on any atom is 0.242 e. The van der Waals surface area contributed by atoms with E-state index < -0.39 is 16.7 Å². The van der Waals surface area contributed by atoms with E-state index in [2.05, 4.69) is 10.6 Å². The Bertz CT molecular complexity index is 1510. The number of benzene rings is 2. The molecule has 2 unspecified atom stereocenters. The Hall–Kier alpha value is -3.20. The standard InChI is InChI=1S/C29H23ClFN3O2S2/c30-20-4-1-2-5-24(20)38-27-23(35)15-29(34-28(27)36,19-12-13-37-16-19)25-6-3-7-26(33-25)32-22-11-10-18(14-21(22)31)17-8-9-17/h1-7,10-14,16-17,27H,8-9,15H2,(H,32,33)(H,34,36). The molecule has 5 nitrogen and oxygen atoms in total. The van der Waals surface area contributed by atoms with Crippen molar-refractivity contribution in [3.8, 4) is 0 Å². The Balaban J connectivity index is 1.31. The molecule has 2 N–H and O–H groups in total. The van der Waals surface area contributed by atoms with Gasteiger partial charge in [0.2, 0.25) is 5.91 Å². The van der Waals surface area contributed by atoms with E-state index in [0.29, 0.717) is 33.0 Å². The van der Waals surface area contributed by atoms with Crippen molar-refractivity contribution < 1.29 is 14.0 Å². The number of nitrogens with one attached hydrogen (secondary N) is 2. The lowest BCUT2D eigenvalue weighted by Crippen LogP contribution is -2.58. The van der Waals surface area contributed by atoms with E-state index >= 15 is 0 Å². The number of thiophene rings is 1. The molecule has 1 saturated heterocycles. The van der Waals surface area contributed by atoms with Gasteiger partial charge in [0.25, 0.3) is 0 Å². The van der Waals surface area contributed by atoms with Gasteiger partial charge in [-0.15, -0.1) is 11.8 Å². The minimum Gasteiger partial charge on any atom is -0.339 e. The zero-order valence-electron chi connectivity index (χ0n) is 20.1. The molecule has 1 saturated carbocycles. The summed E-state index contributed by atoms with van der Waals surface area (Å²) in [5.74, 6) is -0.0806. The molecule has 4 aromatic rings. The molecule has 2 aliphatic rings. The molecule has 6 rings (SSSR count). The van der Waals surface area contributed by atoms with Crippen LogP contribution in [0.4, 0.5) is 15.9 Å². The van der Waals surface area contributed by atoms with Crippen molar-refractivity contribution in [2.24, 2.45) is 0 Å². The Morgan fingerprint density at radius 3 is 2.63 bits per heavy atom. The van der Waals surface area contributed by atoms with Gasteiger partial charge in [0.05, 0.1) is 16.4 Å². The summed E-state index contributed by atoms with van der Waals surface area (Å²) in [6.45, 7) is 0. The fourth-order valence-electron chi connectivity index (χ4n) is 4.77. The number of hydrogen-bond donors (Lipinski definition) is 2. The molecule has 1 aliphatic carbocycles. The number of nitrogens with zero attached hydrogens (tertiary/aromatic N) is 1. The van der Waals surface area contributed by atoms with Crippen LogP contribution in [0.2, 0.25) is 5.02 Å². The average Bonchev–Trinajstić information content (AvgIpc) is 3.61. The second-order valence-corrected chi connectivity index (χ2v) is 11.9. The first-order chi connectivity index (χ1) is 18.4. The highest BCUT2D eigenvalue weighted by atomic mass is 35.5. The van der Waals surface area contributed by atoms with E-state index in [1.54, 1.807) is 48.5 Å². The highest BCUT2D eigenvalue weighted by Gasteiger charge is 2.48. The van der Waals surface area contributed by atoms with Crippen molar-refractivity contribution in [3.63, 3.8) is 0 Å². The fraction of sp³-hybridized carbons (Fsp3) is 0.207. The average molecular weight is 564 g/mol. The minimum absolute atomic E-state index is 0.0263. The summed E-state index contributed by atoms with van der Waals surface area (Å²) in [5, 5.41) is 9.56. The van der Waals surface area contributed by atoms with E-state index in [1.807, 2.05) is 29.0 Å². The van der Waals surface area contributed by atoms with Crippen molar-refractivity contribution in [2.45, 2.75) is 40.9 Å². The lowest BCUT2D eigenvalue weighted by atomic mass is 9.79. The molecule has 9 heteroatoms. The Morgan fingerprint density at radius 2 is 1.92 bits per heavy atom. The van der Waals surface area contributed by atoms with Crippen LogP contribution in [0.3, 0.4) is 0 Å². The van der Waals surface area contributed by atoms with Gasteiger partial charge in [-0.2, -0.15) is 11.3 Å². The van der Waals surface area contributed by atoms with E-state index in [4.69, 9.17) is 16.6 Å². The van der Waals surface area contributed by atoms with Crippen LogP contribution in [-0.2, 0) is 15.1 Å². The van der Waals surface area contributed by atoms with Crippen molar-refractivity contribution in [3.05, 3.63) is 105 Å². The number of carbonyl (C=O) groups is 2. The summed E-state index contributed by atoms with van der Waals surface area (Å²) in [6, 6.07) is 19.6. The van der Waals surface area contributed by atoms with Gasteiger partial charge in [-0.05, 0) is 83.1 Å². The maximum atomic E-state index is 14.8. The number of amides is 1. The van der Waals surface area contributed by atoms with E-state index in [0.717, 1.165) is 35.7 Å². The van der Waals surface area contributed by atoms with Crippen molar-refractivity contribution in [1.29, 1.82) is 0 Å². The molecule has 38 heavy (non-hydrogen) atoms. The number of piperidine rings is 1. The van der Waals surface area contributed by atoms with Gasteiger partial charge in [-0.1, -0.05) is 35.9 Å². The highest BCUT2D eigenvalue weighted by Crippen LogP contribution is 2.42. The molecule has 3 heterocycles. The van der Waals surface area contributed by atoms with Crippen molar-refractivity contribution in [2.75, 3.05) is 5.32 Å². The van der Waals surface area contributed by atoms with Gasteiger partial charge < -0.3 is 10.6 Å². The molecule has 2 aromatic carbocycles. The Kier molecular flexibility index (Phi) is 6.72. The lowest BCUT2D eigenvalue weighted by Gasteiger charge is -2.39. The molecular formula is C29H23ClFN3O2S2. The molecule has 0 bridgehead atoms. The summed E-state index contributed by atoms with van der Waals surface area (Å²) in [4.78, 5) is 32.4. The number of carbonyl (C=O) groups excluding carboxylic acids is 2. The Labute approximate surface area is 232 Å². The first kappa shape index (κ1) is 25.1. The summed E-state index contributed by atoms with van der Waals surface area (Å²) < 4.78 is 14.8. The maximum absolute atomic E-state index is 14.8. The zero-order valence-corrected chi connectivity index (χ0v) is 22.5. The van der Waals surface area contributed by atoms with Crippen LogP contribution in [0.15, 0.2) is 82.4 Å². The van der Waals surface area contributed by atoms with E-state index in [-0.39, 0.29) is 18.0 Å². The molecule has 2 aromatic heterocycles. The normalized spacial score (nSPS) is 21.3. The predicted molar refractivity (Wildman–Crippen MR) is 150 cm³/mol. The largest absolute Gasteiger partial charge is 0.339 e. The monoisotopic (exact) mass is 563 g/mol. The molecule has 1 amide bonds.